The molecular weight excluding hydrogens is 220 g/mol. The number of hydrogen-bond acceptors (Lipinski definition) is 3. The molecule has 4 nitrogen and oxygen atoms in total. The van der Waals surface area contributed by atoms with Crippen molar-refractivity contribution in [3.63, 3.8) is 0 Å². The average molecular weight is 240 g/mol. The molecule has 0 saturated heterocycles. The molecule has 0 aliphatic heterocycles. The molecule has 0 aliphatic rings. The fraction of sp³-hybridized carbons (Fsp3) is 0.538. The lowest BCUT2D eigenvalue weighted by Gasteiger charge is -2.05. The second kappa shape index (κ2) is 8.56. The van der Waals surface area contributed by atoms with Crippen LogP contribution in [0.25, 0.3) is 0 Å². The summed E-state index contributed by atoms with van der Waals surface area (Å²) in [5, 5.41) is 8.78. The summed E-state index contributed by atoms with van der Waals surface area (Å²) in [6.45, 7) is 7.73. The number of carboxylic acids is 1. The van der Waals surface area contributed by atoms with E-state index in [4.69, 9.17) is 9.84 Å². The highest BCUT2D eigenvalue weighted by Gasteiger charge is 2.09. The van der Waals surface area contributed by atoms with Crippen LogP contribution in [0.1, 0.15) is 39.5 Å². The van der Waals surface area contributed by atoms with Crippen molar-refractivity contribution in [1.82, 2.24) is 0 Å². The quantitative estimate of drug-likeness (QED) is 0.402. The van der Waals surface area contributed by atoms with E-state index in [2.05, 4.69) is 6.58 Å². The second-order valence-corrected chi connectivity index (χ2v) is 3.69. The minimum atomic E-state index is -0.959. The SMILES string of the molecule is C=C(CC=C(CC)C(=O)O)C(=O)OCCCC. The molecule has 0 radical (unpaired) electrons. The van der Waals surface area contributed by atoms with Crippen LogP contribution in [0.5, 0.6) is 0 Å². The highest BCUT2D eigenvalue weighted by molar-refractivity contribution is 5.89. The molecule has 4 heteroatoms. The topological polar surface area (TPSA) is 63.6 Å². The Bertz CT molecular complexity index is 315. The predicted octanol–water partition coefficient (Wildman–Crippen LogP) is 2.70. The maximum Gasteiger partial charge on any atom is 0.333 e. The van der Waals surface area contributed by atoms with Crippen molar-refractivity contribution in [1.29, 1.82) is 0 Å². The number of esters is 1. The summed E-state index contributed by atoms with van der Waals surface area (Å²) in [5.41, 5.74) is 0.570. The van der Waals surface area contributed by atoms with Gasteiger partial charge in [-0.15, -0.1) is 0 Å². The van der Waals surface area contributed by atoms with Gasteiger partial charge in [-0.25, -0.2) is 9.59 Å². The number of unbranched alkanes of at least 4 members (excludes halogenated alkanes) is 1. The Morgan fingerprint density at radius 2 is 2.00 bits per heavy atom. The first kappa shape index (κ1) is 15.4. The minimum Gasteiger partial charge on any atom is -0.478 e. The van der Waals surface area contributed by atoms with Crippen LogP contribution >= 0.6 is 0 Å². The standard InChI is InChI=1S/C13H20O4/c1-4-6-9-17-13(16)10(3)7-8-11(5-2)12(14)15/h8H,3-7,9H2,1-2H3,(H,14,15). The number of hydrogen-bond donors (Lipinski definition) is 1. The highest BCUT2D eigenvalue weighted by atomic mass is 16.5. The van der Waals surface area contributed by atoms with Gasteiger partial charge in [-0.1, -0.05) is 32.9 Å². The first-order valence-corrected chi connectivity index (χ1v) is 5.80. The number of ether oxygens (including phenoxy) is 1. The van der Waals surface area contributed by atoms with Crippen LogP contribution in [0.15, 0.2) is 23.8 Å². The van der Waals surface area contributed by atoms with Crippen LogP contribution in [-0.2, 0) is 14.3 Å². The molecule has 0 unspecified atom stereocenters. The summed E-state index contributed by atoms with van der Waals surface area (Å²) < 4.78 is 4.96. The highest BCUT2D eigenvalue weighted by Crippen LogP contribution is 2.08. The summed E-state index contributed by atoms with van der Waals surface area (Å²) in [6, 6.07) is 0. The Balaban J connectivity index is 4.16. The molecule has 0 aromatic carbocycles. The van der Waals surface area contributed by atoms with Crippen molar-refractivity contribution in [3.05, 3.63) is 23.8 Å². The van der Waals surface area contributed by atoms with E-state index in [9.17, 15) is 9.59 Å². The maximum absolute atomic E-state index is 11.4. The summed E-state index contributed by atoms with van der Waals surface area (Å²) >= 11 is 0. The third kappa shape index (κ3) is 6.56. The van der Waals surface area contributed by atoms with Crippen LogP contribution in [0.3, 0.4) is 0 Å². The van der Waals surface area contributed by atoms with Crippen molar-refractivity contribution in [2.24, 2.45) is 0 Å². The molecule has 96 valence electrons. The molecule has 0 bridgehead atoms. The normalized spacial score (nSPS) is 11.1. The molecule has 0 aromatic rings. The summed E-state index contributed by atoms with van der Waals surface area (Å²) in [6.07, 6.45) is 3.93. The van der Waals surface area contributed by atoms with Crippen LogP contribution in [-0.4, -0.2) is 23.7 Å². The van der Waals surface area contributed by atoms with Crippen molar-refractivity contribution in [2.45, 2.75) is 39.5 Å². The molecule has 0 amide bonds. The Hall–Kier alpha value is -1.58. The van der Waals surface area contributed by atoms with Crippen molar-refractivity contribution in [3.8, 4) is 0 Å². The Morgan fingerprint density at radius 3 is 2.47 bits per heavy atom. The molecule has 0 heterocycles. The zero-order chi connectivity index (χ0) is 13.3. The van der Waals surface area contributed by atoms with Crippen LogP contribution < -0.4 is 0 Å². The van der Waals surface area contributed by atoms with E-state index in [1.807, 2.05) is 6.92 Å². The predicted molar refractivity (Wildman–Crippen MR) is 65.6 cm³/mol. The van der Waals surface area contributed by atoms with Crippen molar-refractivity contribution >= 4 is 11.9 Å². The van der Waals surface area contributed by atoms with Gasteiger partial charge in [0.2, 0.25) is 0 Å². The molecule has 17 heavy (non-hydrogen) atoms. The lowest BCUT2D eigenvalue weighted by Crippen LogP contribution is -2.08. The van der Waals surface area contributed by atoms with Gasteiger partial charge >= 0.3 is 11.9 Å². The van der Waals surface area contributed by atoms with Crippen molar-refractivity contribution in [2.75, 3.05) is 6.61 Å². The van der Waals surface area contributed by atoms with E-state index in [-0.39, 0.29) is 17.6 Å². The molecule has 1 N–H and O–H groups in total. The summed E-state index contributed by atoms with van der Waals surface area (Å²) in [7, 11) is 0. The van der Waals surface area contributed by atoms with Crippen LogP contribution in [0.2, 0.25) is 0 Å². The van der Waals surface area contributed by atoms with E-state index in [0.29, 0.717) is 13.0 Å². The molecule has 0 fully saturated rings. The summed E-state index contributed by atoms with van der Waals surface area (Å²) in [4.78, 5) is 22.1. The second-order valence-electron chi connectivity index (χ2n) is 3.69. The zero-order valence-electron chi connectivity index (χ0n) is 10.5. The Labute approximate surface area is 102 Å². The lowest BCUT2D eigenvalue weighted by molar-refractivity contribution is -0.139. The monoisotopic (exact) mass is 240 g/mol. The van der Waals surface area contributed by atoms with Gasteiger partial charge < -0.3 is 9.84 Å². The van der Waals surface area contributed by atoms with E-state index < -0.39 is 11.9 Å². The lowest BCUT2D eigenvalue weighted by atomic mass is 10.1. The minimum absolute atomic E-state index is 0.223. The van der Waals surface area contributed by atoms with Crippen molar-refractivity contribution < 1.29 is 19.4 Å². The number of carboxylic acid groups (broad SMARTS) is 1. The maximum atomic E-state index is 11.4. The average Bonchev–Trinajstić information content (AvgIpc) is 2.29. The van der Waals surface area contributed by atoms with E-state index in [1.165, 1.54) is 6.08 Å². The van der Waals surface area contributed by atoms with E-state index in [1.54, 1.807) is 6.92 Å². The molecule has 0 aromatic heterocycles. The largest absolute Gasteiger partial charge is 0.478 e. The van der Waals surface area contributed by atoms with Crippen LogP contribution in [0, 0.1) is 0 Å². The van der Waals surface area contributed by atoms with Crippen LogP contribution in [0.4, 0.5) is 0 Å². The van der Waals surface area contributed by atoms with E-state index in [0.717, 1.165) is 12.8 Å². The zero-order valence-corrected chi connectivity index (χ0v) is 10.5. The Morgan fingerprint density at radius 1 is 1.35 bits per heavy atom. The van der Waals surface area contributed by atoms with Gasteiger partial charge in [0, 0.05) is 11.1 Å². The number of aliphatic carboxylic acids is 1. The van der Waals surface area contributed by atoms with E-state index >= 15 is 0 Å². The van der Waals surface area contributed by atoms with Gasteiger partial charge in [0.25, 0.3) is 0 Å². The fourth-order valence-corrected chi connectivity index (χ4v) is 1.12. The number of carbonyl (C=O) groups excluding carboxylic acids is 1. The first-order valence-electron chi connectivity index (χ1n) is 5.80. The molecule has 0 saturated carbocycles. The van der Waals surface area contributed by atoms with Gasteiger partial charge in [0.1, 0.15) is 0 Å². The van der Waals surface area contributed by atoms with Gasteiger partial charge in [0.15, 0.2) is 0 Å². The molecule has 0 atom stereocenters. The van der Waals surface area contributed by atoms with Gasteiger partial charge in [-0.3, -0.25) is 0 Å². The Kier molecular flexibility index (Phi) is 7.76. The molecular formula is C13H20O4. The fourth-order valence-electron chi connectivity index (χ4n) is 1.12. The number of rotatable bonds is 8. The smallest absolute Gasteiger partial charge is 0.333 e. The molecule has 0 rings (SSSR count). The number of allylic oxidation sites excluding steroid dienone is 1. The summed E-state index contributed by atoms with van der Waals surface area (Å²) in [5.74, 6) is -1.41. The molecule has 0 aliphatic carbocycles. The first-order chi connectivity index (χ1) is 8.02. The van der Waals surface area contributed by atoms with Gasteiger partial charge in [-0.05, 0) is 19.3 Å². The van der Waals surface area contributed by atoms with Gasteiger partial charge in [0.05, 0.1) is 6.61 Å². The number of carbonyl (C=O) groups is 2. The molecule has 0 spiro atoms. The third-order valence-electron chi connectivity index (χ3n) is 2.27. The van der Waals surface area contributed by atoms with Gasteiger partial charge in [-0.2, -0.15) is 0 Å². The third-order valence-corrected chi connectivity index (χ3v) is 2.27.